The molecule has 2 atom stereocenters. The largest absolute Gasteiger partial charge is 0.371 e. The van der Waals surface area contributed by atoms with E-state index in [9.17, 15) is 4.39 Å². The second-order valence-electron chi connectivity index (χ2n) is 5.65. The van der Waals surface area contributed by atoms with E-state index in [1.165, 1.54) is 31.7 Å². The van der Waals surface area contributed by atoms with Gasteiger partial charge in [-0.3, -0.25) is 0 Å². The monoisotopic (exact) mass is 264 g/mol. The fourth-order valence-electron chi connectivity index (χ4n) is 3.07. The smallest absolute Gasteiger partial charge is 0.130 e. The molecule has 0 aromatic heterocycles. The van der Waals surface area contributed by atoms with Crippen LogP contribution in [0.1, 0.15) is 51.1 Å². The first kappa shape index (κ1) is 14.3. The molecule has 1 fully saturated rings. The standard InChI is InChI=1S/C16H25FN2/c1-3-13-6-5-10-19(11-9-13)15-8-4-7-14(17)16(15)12(2)18/h4,7-8,12-13H,3,5-6,9-11,18H2,1-2H3. The molecule has 0 amide bonds. The third kappa shape index (κ3) is 3.27. The lowest BCUT2D eigenvalue weighted by Crippen LogP contribution is -2.27. The number of benzene rings is 1. The zero-order chi connectivity index (χ0) is 13.8. The molecule has 19 heavy (non-hydrogen) atoms. The highest BCUT2D eigenvalue weighted by Gasteiger charge is 2.20. The van der Waals surface area contributed by atoms with Crippen molar-refractivity contribution in [2.75, 3.05) is 18.0 Å². The minimum atomic E-state index is -0.263. The van der Waals surface area contributed by atoms with E-state index in [0.717, 1.165) is 24.7 Å². The Morgan fingerprint density at radius 2 is 2.16 bits per heavy atom. The maximum absolute atomic E-state index is 14.0. The van der Waals surface area contributed by atoms with Crippen molar-refractivity contribution in [1.82, 2.24) is 0 Å². The zero-order valence-electron chi connectivity index (χ0n) is 12.0. The molecule has 0 saturated carbocycles. The molecular formula is C16H25FN2. The predicted molar refractivity (Wildman–Crippen MR) is 78.8 cm³/mol. The van der Waals surface area contributed by atoms with Gasteiger partial charge in [0.15, 0.2) is 0 Å². The Bertz CT molecular complexity index is 417. The first-order valence-corrected chi connectivity index (χ1v) is 7.42. The second-order valence-corrected chi connectivity index (χ2v) is 5.65. The zero-order valence-corrected chi connectivity index (χ0v) is 12.0. The van der Waals surface area contributed by atoms with Gasteiger partial charge in [-0.15, -0.1) is 0 Å². The van der Waals surface area contributed by atoms with Gasteiger partial charge in [0, 0.05) is 30.4 Å². The van der Waals surface area contributed by atoms with Gasteiger partial charge in [-0.1, -0.05) is 19.4 Å². The molecular weight excluding hydrogens is 239 g/mol. The van der Waals surface area contributed by atoms with E-state index in [2.05, 4.69) is 11.8 Å². The van der Waals surface area contributed by atoms with Gasteiger partial charge < -0.3 is 10.6 Å². The molecule has 2 nitrogen and oxygen atoms in total. The van der Waals surface area contributed by atoms with Gasteiger partial charge in [0.25, 0.3) is 0 Å². The predicted octanol–water partition coefficient (Wildman–Crippen LogP) is 3.86. The van der Waals surface area contributed by atoms with Gasteiger partial charge in [-0.05, 0) is 44.2 Å². The Morgan fingerprint density at radius 1 is 1.37 bits per heavy atom. The summed E-state index contributed by atoms with van der Waals surface area (Å²) in [6, 6.07) is 5.04. The van der Waals surface area contributed by atoms with Crippen molar-refractivity contribution in [2.45, 2.75) is 45.6 Å². The molecule has 0 spiro atoms. The van der Waals surface area contributed by atoms with Crippen LogP contribution in [0.4, 0.5) is 10.1 Å². The molecule has 2 unspecified atom stereocenters. The van der Waals surface area contributed by atoms with Crippen LogP contribution in [0.2, 0.25) is 0 Å². The quantitative estimate of drug-likeness (QED) is 0.898. The van der Waals surface area contributed by atoms with Crippen molar-refractivity contribution in [3.63, 3.8) is 0 Å². The Hall–Kier alpha value is -1.09. The van der Waals surface area contributed by atoms with Crippen LogP contribution in [-0.2, 0) is 0 Å². The second kappa shape index (κ2) is 6.38. The minimum absolute atomic E-state index is 0.177. The van der Waals surface area contributed by atoms with E-state index < -0.39 is 0 Å². The van der Waals surface area contributed by atoms with Crippen LogP contribution < -0.4 is 10.6 Å². The molecule has 3 heteroatoms. The van der Waals surface area contributed by atoms with Crippen molar-refractivity contribution in [3.8, 4) is 0 Å². The topological polar surface area (TPSA) is 29.3 Å². The molecule has 1 aromatic carbocycles. The van der Waals surface area contributed by atoms with Crippen LogP contribution >= 0.6 is 0 Å². The Kier molecular flexibility index (Phi) is 4.81. The summed E-state index contributed by atoms with van der Waals surface area (Å²) in [5, 5.41) is 0. The summed E-state index contributed by atoms with van der Waals surface area (Å²) < 4.78 is 14.0. The molecule has 1 aliphatic heterocycles. The summed E-state index contributed by atoms with van der Waals surface area (Å²) in [4.78, 5) is 2.32. The average molecular weight is 264 g/mol. The van der Waals surface area contributed by atoms with E-state index in [1.54, 1.807) is 6.07 Å². The summed E-state index contributed by atoms with van der Waals surface area (Å²) in [6.45, 7) is 6.14. The molecule has 1 aliphatic rings. The van der Waals surface area contributed by atoms with Crippen LogP contribution in [0, 0.1) is 11.7 Å². The molecule has 0 bridgehead atoms. The van der Waals surface area contributed by atoms with Gasteiger partial charge in [0.1, 0.15) is 5.82 Å². The van der Waals surface area contributed by atoms with Gasteiger partial charge in [-0.25, -0.2) is 4.39 Å². The van der Waals surface area contributed by atoms with E-state index in [1.807, 2.05) is 13.0 Å². The summed E-state index contributed by atoms with van der Waals surface area (Å²) in [6.07, 6.45) is 4.92. The number of halogens is 1. The van der Waals surface area contributed by atoms with Crippen LogP contribution in [0.3, 0.4) is 0 Å². The lowest BCUT2D eigenvalue weighted by Gasteiger charge is -2.27. The molecule has 1 aromatic rings. The fourth-order valence-corrected chi connectivity index (χ4v) is 3.07. The van der Waals surface area contributed by atoms with Crippen LogP contribution in [0.5, 0.6) is 0 Å². The highest BCUT2D eigenvalue weighted by atomic mass is 19.1. The molecule has 0 aliphatic carbocycles. The van der Waals surface area contributed by atoms with Crippen molar-refractivity contribution >= 4 is 5.69 Å². The third-order valence-corrected chi connectivity index (χ3v) is 4.25. The summed E-state index contributed by atoms with van der Waals surface area (Å²) >= 11 is 0. The first-order valence-electron chi connectivity index (χ1n) is 7.42. The lowest BCUT2D eigenvalue weighted by atomic mass is 9.98. The minimum Gasteiger partial charge on any atom is -0.371 e. The molecule has 2 rings (SSSR count). The van der Waals surface area contributed by atoms with E-state index in [0.29, 0.717) is 5.56 Å². The Labute approximate surface area is 115 Å². The number of anilines is 1. The highest BCUT2D eigenvalue weighted by molar-refractivity contribution is 5.55. The van der Waals surface area contributed by atoms with Crippen LogP contribution in [0.25, 0.3) is 0 Å². The van der Waals surface area contributed by atoms with E-state index >= 15 is 0 Å². The van der Waals surface area contributed by atoms with Crippen LogP contribution in [0.15, 0.2) is 18.2 Å². The normalized spacial score (nSPS) is 22.1. The molecule has 2 N–H and O–H groups in total. The number of nitrogens with two attached hydrogens (primary N) is 1. The molecule has 0 radical (unpaired) electrons. The van der Waals surface area contributed by atoms with E-state index in [4.69, 9.17) is 5.73 Å². The van der Waals surface area contributed by atoms with Gasteiger partial charge in [0.05, 0.1) is 0 Å². The highest BCUT2D eigenvalue weighted by Crippen LogP contribution is 2.31. The Balaban J connectivity index is 2.24. The van der Waals surface area contributed by atoms with Crippen molar-refractivity contribution in [2.24, 2.45) is 11.7 Å². The average Bonchev–Trinajstić information content (AvgIpc) is 2.63. The lowest BCUT2D eigenvalue weighted by molar-refractivity contribution is 0.459. The summed E-state index contributed by atoms with van der Waals surface area (Å²) in [5.74, 6) is 0.640. The van der Waals surface area contributed by atoms with Crippen molar-refractivity contribution < 1.29 is 4.39 Å². The maximum Gasteiger partial charge on any atom is 0.130 e. The third-order valence-electron chi connectivity index (χ3n) is 4.25. The first-order chi connectivity index (χ1) is 9.13. The number of hydrogen-bond donors (Lipinski definition) is 1. The molecule has 106 valence electrons. The van der Waals surface area contributed by atoms with E-state index in [-0.39, 0.29) is 11.9 Å². The Morgan fingerprint density at radius 3 is 2.84 bits per heavy atom. The molecule has 1 heterocycles. The van der Waals surface area contributed by atoms with Crippen molar-refractivity contribution in [1.29, 1.82) is 0 Å². The van der Waals surface area contributed by atoms with Gasteiger partial charge in [-0.2, -0.15) is 0 Å². The van der Waals surface area contributed by atoms with Crippen LogP contribution in [-0.4, -0.2) is 13.1 Å². The summed E-state index contributed by atoms with van der Waals surface area (Å²) in [5.41, 5.74) is 7.60. The number of rotatable bonds is 3. The number of nitrogens with zero attached hydrogens (tertiary/aromatic N) is 1. The van der Waals surface area contributed by atoms with Gasteiger partial charge >= 0.3 is 0 Å². The van der Waals surface area contributed by atoms with Gasteiger partial charge in [0.2, 0.25) is 0 Å². The maximum atomic E-state index is 14.0. The van der Waals surface area contributed by atoms with Crippen molar-refractivity contribution in [3.05, 3.63) is 29.6 Å². The summed E-state index contributed by atoms with van der Waals surface area (Å²) in [7, 11) is 0. The number of hydrogen-bond acceptors (Lipinski definition) is 2. The molecule has 1 saturated heterocycles. The SMILES string of the molecule is CCC1CCCN(c2cccc(F)c2C(C)N)CC1. The fraction of sp³-hybridized carbons (Fsp3) is 0.625.